The van der Waals surface area contributed by atoms with E-state index in [-0.39, 0.29) is 0 Å². The van der Waals surface area contributed by atoms with Gasteiger partial charge in [0.05, 0.1) is 12.8 Å². The molecular formula is C15H27N3O. The summed E-state index contributed by atoms with van der Waals surface area (Å²) in [6, 6.07) is 0. The first-order valence-corrected chi connectivity index (χ1v) is 7.05. The minimum atomic E-state index is 0.740. The van der Waals surface area contributed by atoms with Crippen molar-refractivity contribution in [3.05, 3.63) is 23.0 Å². The summed E-state index contributed by atoms with van der Waals surface area (Å²) in [5.74, 6) is 0.959. The first kappa shape index (κ1) is 15.9. The number of nitrogens with two attached hydrogens (primary N) is 1. The third-order valence-corrected chi connectivity index (χ3v) is 3.34. The Morgan fingerprint density at radius 3 is 2.63 bits per heavy atom. The molecule has 0 saturated heterocycles. The van der Waals surface area contributed by atoms with E-state index in [9.17, 15) is 0 Å². The SMILES string of the molecule is CCCN(CCCN)Cc1ncc(C)c(OC)c1C. The summed E-state index contributed by atoms with van der Waals surface area (Å²) in [6.07, 6.45) is 4.07. The lowest BCUT2D eigenvalue weighted by molar-refractivity contribution is 0.260. The maximum Gasteiger partial charge on any atom is 0.128 e. The van der Waals surface area contributed by atoms with Crippen molar-refractivity contribution in [2.45, 2.75) is 40.2 Å². The van der Waals surface area contributed by atoms with Crippen LogP contribution in [0.3, 0.4) is 0 Å². The minimum absolute atomic E-state index is 0.740. The van der Waals surface area contributed by atoms with Crippen molar-refractivity contribution in [1.29, 1.82) is 0 Å². The second kappa shape index (κ2) is 8.12. The summed E-state index contributed by atoms with van der Waals surface area (Å²) in [7, 11) is 1.72. The molecule has 0 aliphatic heterocycles. The molecule has 2 N–H and O–H groups in total. The van der Waals surface area contributed by atoms with Crippen LogP contribution < -0.4 is 10.5 Å². The molecule has 0 aromatic carbocycles. The van der Waals surface area contributed by atoms with E-state index in [2.05, 4.69) is 23.7 Å². The van der Waals surface area contributed by atoms with Crippen LogP contribution in [0, 0.1) is 13.8 Å². The van der Waals surface area contributed by atoms with Gasteiger partial charge in [-0.05, 0) is 46.3 Å². The fourth-order valence-corrected chi connectivity index (χ4v) is 2.34. The Hall–Kier alpha value is -1.13. The van der Waals surface area contributed by atoms with Crippen LogP contribution in [0.15, 0.2) is 6.20 Å². The average molecular weight is 265 g/mol. The molecule has 0 aliphatic rings. The van der Waals surface area contributed by atoms with Crippen LogP contribution in [0.2, 0.25) is 0 Å². The molecule has 0 unspecified atom stereocenters. The van der Waals surface area contributed by atoms with Crippen LogP contribution in [-0.2, 0) is 6.54 Å². The van der Waals surface area contributed by atoms with Gasteiger partial charge in [-0.3, -0.25) is 9.88 Å². The van der Waals surface area contributed by atoms with Crippen molar-refractivity contribution in [2.75, 3.05) is 26.7 Å². The highest BCUT2D eigenvalue weighted by molar-refractivity contribution is 5.40. The van der Waals surface area contributed by atoms with E-state index in [1.54, 1.807) is 7.11 Å². The third-order valence-electron chi connectivity index (χ3n) is 3.34. The molecule has 1 aromatic rings. The number of nitrogens with zero attached hydrogens (tertiary/aromatic N) is 2. The lowest BCUT2D eigenvalue weighted by Gasteiger charge is -2.22. The highest BCUT2D eigenvalue weighted by Crippen LogP contribution is 2.24. The van der Waals surface area contributed by atoms with Gasteiger partial charge in [-0.25, -0.2) is 0 Å². The van der Waals surface area contributed by atoms with Gasteiger partial charge >= 0.3 is 0 Å². The molecule has 0 amide bonds. The van der Waals surface area contributed by atoms with Crippen molar-refractivity contribution in [3.63, 3.8) is 0 Å². The lowest BCUT2D eigenvalue weighted by atomic mass is 10.1. The highest BCUT2D eigenvalue weighted by Gasteiger charge is 2.12. The summed E-state index contributed by atoms with van der Waals surface area (Å²) in [5, 5.41) is 0. The molecule has 0 bridgehead atoms. The van der Waals surface area contributed by atoms with Crippen molar-refractivity contribution >= 4 is 0 Å². The Morgan fingerprint density at radius 2 is 2.05 bits per heavy atom. The Balaban J connectivity index is 2.83. The largest absolute Gasteiger partial charge is 0.496 e. The molecule has 19 heavy (non-hydrogen) atoms. The molecule has 0 saturated carbocycles. The van der Waals surface area contributed by atoms with Gasteiger partial charge in [-0.1, -0.05) is 6.92 Å². The number of rotatable bonds is 8. The predicted molar refractivity (Wildman–Crippen MR) is 79.5 cm³/mol. The first-order chi connectivity index (χ1) is 9.13. The zero-order valence-electron chi connectivity index (χ0n) is 12.7. The van der Waals surface area contributed by atoms with Crippen LogP contribution in [0.1, 0.15) is 36.6 Å². The van der Waals surface area contributed by atoms with E-state index in [1.165, 1.54) is 0 Å². The molecule has 0 atom stereocenters. The van der Waals surface area contributed by atoms with Crippen molar-refractivity contribution in [3.8, 4) is 5.75 Å². The lowest BCUT2D eigenvalue weighted by Crippen LogP contribution is -2.27. The molecule has 108 valence electrons. The topological polar surface area (TPSA) is 51.4 Å². The normalized spacial score (nSPS) is 11.1. The molecule has 1 rings (SSSR count). The van der Waals surface area contributed by atoms with Gasteiger partial charge in [0.2, 0.25) is 0 Å². The van der Waals surface area contributed by atoms with E-state index in [1.807, 2.05) is 13.1 Å². The van der Waals surface area contributed by atoms with Crippen LogP contribution >= 0.6 is 0 Å². The van der Waals surface area contributed by atoms with E-state index >= 15 is 0 Å². The van der Waals surface area contributed by atoms with Crippen molar-refractivity contribution in [1.82, 2.24) is 9.88 Å². The summed E-state index contributed by atoms with van der Waals surface area (Å²) in [5.41, 5.74) is 8.94. The average Bonchev–Trinajstić information content (AvgIpc) is 2.40. The summed E-state index contributed by atoms with van der Waals surface area (Å²) < 4.78 is 5.46. The number of hydrogen-bond acceptors (Lipinski definition) is 4. The zero-order chi connectivity index (χ0) is 14.3. The van der Waals surface area contributed by atoms with Crippen LogP contribution in [-0.4, -0.2) is 36.6 Å². The van der Waals surface area contributed by atoms with Gasteiger partial charge in [-0.15, -0.1) is 0 Å². The van der Waals surface area contributed by atoms with Crippen molar-refractivity contribution in [2.24, 2.45) is 5.73 Å². The first-order valence-electron chi connectivity index (χ1n) is 7.05. The number of pyridine rings is 1. The molecule has 0 aliphatic carbocycles. The number of aromatic nitrogens is 1. The fourth-order valence-electron chi connectivity index (χ4n) is 2.34. The fraction of sp³-hybridized carbons (Fsp3) is 0.667. The summed E-state index contributed by atoms with van der Waals surface area (Å²) in [6.45, 7) is 10.0. The van der Waals surface area contributed by atoms with Gasteiger partial charge in [0, 0.05) is 23.9 Å². The minimum Gasteiger partial charge on any atom is -0.496 e. The molecule has 1 heterocycles. The smallest absolute Gasteiger partial charge is 0.128 e. The molecule has 0 radical (unpaired) electrons. The molecule has 4 nitrogen and oxygen atoms in total. The molecule has 0 fully saturated rings. The molecule has 1 aromatic heterocycles. The summed E-state index contributed by atoms with van der Waals surface area (Å²) in [4.78, 5) is 6.98. The standard InChI is InChI=1S/C15H27N3O/c1-5-8-18(9-6-7-16)11-14-13(3)15(19-4)12(2)10-17-14/h10H,5-9,11,16H2,1-4H3. The van der Waals surface area contributed by atoms with E-state index in [0.717, 1.165) is 61.6 Å². The van der Waals surface area contributed by atoms with Gasteiger partial charge in [0.1, 0.15) is 5.75 Å². The monoisotopic (exact) mass is 265 g/mol. The number of hydrogen-bond donors (Lipinski definition) is 1. The maximum absolute atomic E-state index is 5.60. The second-order valence-corrected chi connectivity index (χ2v) is 4.96. The van der Waals surface area contributed by atoms with Gasteiger partial charge < -0.3 is 10.5 Å². The number of aryl methyl sites for hydroxylation is 1. The Labute approximate surface area is 117 Å². The van der Waals surface area contributed by atoms with Gasteiger partial charge in [-0.2, -0.15) is 0 Å². The zero-order valence-corrected chi connectivity index (χ0v) is 12.7. The van der Waals surface area contributed by atoms with Gasteiger partial charge in [0.25, 0.3) is 0 Å². The highest BCUT2D eigenvalue weighted by atomic mass is 16.5. The maximum atomic E-state index is 5.60. The van der Waals surface area contributed by atoms with Crippen LogP contribution in [0.4, 0.5) is 0 Å². The van der Waals surface area contributed by atoms with Gasteiger partial charge in [0.15, 0.2) is 0 Å². The van der Waals surface area contributed by atoms with E-state index in [0.29, 0.717) is 0 Å². The van der Waals surface area contributed by atoms with E-state index in [4.69, 9.17) is 10.5 Å². The third kappa shape index (κ3) is 4.48. The van der Waals surface area contributed by atoms with E-state index < -0.39 is 0 Å². The number of ether oxygens (including phenoxy) is 1. The Kier molecular flexibility index (Phi) is 6.81. The predicted octanol–water partition coefficient (Wildman–Crippen LogP) is 2.27. The number of methoxy groups -OCH3 is 1. The summed E-state index contributed by atoms with van der Waals surface area (Å²) >= 11 is 0. The second-order valence-electron chi connectivity index (χ2n) is 4.96. The quantitative estimate of drug-likeness (QED) is 0.783. The Bertz CT molecular complexity index is 393. The van der Waals surface area contributed by atoms with Crippen LogP contribution in [0.25, 0.3) is 0 Å². The molecule has 0 spiro atoms. The van der Waals surface area contributed by atoms with Crippen LogP contribution in [0.5, 0.6) is 5.75 Å². The Morgan fingerprint density at radius 1 is 1.32 bits per heavy atom. The molecule has 4 heteroatoms. The van der Waals surface area contributed by atoms with Crippen molar-refractivity contribution < 1.29 is 4.74 Å². The molecular weight excluding hydrogens is 238 g/mol.